The predicted octanol–water partition coefficient (Wildman–Crippen LogP) is 3.38. The Morgan fingerprint density at radius 3 is 1.71 bits per heavy atom. The lowest BCUT2D eigenvalue weighted by molar-refractivity contribution is 0.140. The van der Waals surface area contributed by atoms with E-state index in [9.17, 15) is 0 Å². The average molecular weight is 242 g/mol. The van der Waals surface area contributed by atoms with Crippen molar-refractivity contribution in [3.8, 4) is 0 Å². The Morgan fingerprint density at radius 2 is 1.35 bits per heavy atom. The zero-order chi connectivity index (χ0) is 13.4. The van der Waals surface area contributed by atoms with Crippen molar-refractivity contribution in [3.63, 3.8) is 0 Å². The monoisotopic (exact) mass is 242 g/mol. The van der Waals surface area contributed by atoms with Crippen LogP contribution in [0.2, 0.25) is 0 Å². The third-order valence-corrected chi connectivity index (χ3v) is 3.22. The zero-order valence-corrected chi connectivity index (χ0v) is 13.1. The van der Waals surface area contributed by atoms with E-state index in [4.69, 9.17) is 0 Å². The SMILES string of the molecule is CCCNC(C)C(C)N(CC(C)C)CC(C)C. The minimum atomic E-state index is 0.576. The summed E-state index contributed by atoms with van der Waals surface area (Å²) in [5.41, 5.74) is 0. The van der Waals surface area contributed by atoms with Gasteiger partial charge in [-0.05, 0) is 38.6 Å². The van der Waals surface area contributed by atoms with Crippen LogP contribution in [0.4, 0.5) is 0 Å². The highest BCUT2D eigenvalue weighted by Crippen LogP contribution is 2.11. The fraction of sp³-hybridized carbons (Fsp3) is 1.00. The van der Waals surface area contributed by atoms with Crippen molar-refractivity contribution in [1.82, 2.24) is 10.2 Å². The topological polar surface area (TPSA) is 15.3 Å². The van der Waals surface area contributed by atoms with Crippen LogP contribution in [-0.2, 0) is 0 Å². The Morgan fingerprint density at radius 1 is 0.882 bits per heavy atom. The summed E-state index contributed by atoms with van der Waals surface area (Å²) in [5, 5.41) is 3.62. The molecule has 0 saturated carbocycles. The van der Waals surface area contributed by atoms with Gasteiger partial charge in [0.15, 0.2) is 0 Å². The van der Waals surface area contributed by atoms with Crippen LogP contribution in [0.1, 0.15) is 54.9 Å². The molecule has 0 bridgehead atoms. The maximum atomic E-state index is 3.62. The molecule has 1 N–H and O–H groups in total. The van der Waals surface area contributed by atoms with Crippen molar-refractivity contribution in [2.24, 2.45) is 11.8 Å². The van der Waals surface area contributed by atoms with Gasteiger partial charge in [-0.15, -0.1) is 0 Å². The van der Waals surface area contributed by atoms with Gasteiger partial charge in [-0.1, -0.05) is 34.6 Å². The van der Waals surface area contributed by atoms with E-state index >= 15 is 0 Å². The Hall–Kier alpha value is -0.0800. The summed E-state index contributed by atoms with van der Waals surface area (Å²) in [7, 11) is 0. The lowest BCUT2D eigenvalue weighted by Gasteiger charge is -2.36. The smallest absolute Gasteiger partial charge is 0.0218 e. The molecule has 0 aromatic carbocycles. The second-order valence-electron chi connectivity index (χ2n) is 6.22. The van der Waals surface area contributed by atoms with Crippen molar-refractivity contribution in [1.29, 1.82) is 0 Å². The molecule has 0 rings (SSSR count). The van der Waals surface area contributed by atoms with Crippen molar-refractivity contribution >= 4 is 0 Å². The molecule has 0 aliphatic heterocycles. The molecule has 0 amide bonds. The highest BCUT2D eigenvalue weighted by molar-refractivity contribution is 4.79. The van der Waals surface area contributed by atoms with Gasteiger partial charge in [-0.2, -0.15) is 0 Å². The Balaban J connectivity index is 4.33. The van der Waals surface area contributed by atoms with E-state index < -0.39 is 0 Å². The van der Waals surface area contributed by atoms with Crippen LogP contribution in [-0.4, -0.2) is 36.6 Å². The number of hydrogen-bond acceptors (Lipinski definition) is 2. The van der Waals surface area contributed by atoms with Crippen LogP contribution >= 0.6 is 0 Å². The van der Waals surface area contributed by atoms with E-state index in [1.165, 1.54) is 19.5 Å². The first kappa shape index (κ1) is 16.9. The normalized spacial score (nSPS) is 15.9. The predicted molar refractivity (Wildman–Crippen MR) is 78.5 cm³/mol. The number of hydrogen-bond donors (Lipinski definition) is 1. The number of rotatable bonds is 9. The third-order valence-electron chi connectivity index (χ3n) is 3.22. The molecule has 2 nitrogen and oxygen atoms in total. The second-order valence-corrected chi connectivity index (χ2v) is 6.22. The van der Waals surface area contributed by atoms with Crippen molar-refractivity contribution in [2.45, 2.75) is 67.0 Å². The molecule has 17 heavy (non-hydrogen) atoms. The molecule has 0 heterocycles. The quantitative estimate of drug-likeness (QED) is 0.667. The van der Waals surface area contributed by atoms with Crippen molar-refractivity contribution in [2.75, 3.05) is 19.6 Å². The van der Waals surface area contributed by atoms with Crippen LogP contribution in [0.15, 0.2) is 0 Å². The first-order chi connectivity index (χ1) is 7.88. The summed E-state index contributed by atoms with van der Waals surface area (Å²) in [6.07, 6.45) is 1.21. The Labute approximate surface area is 109 Å². The van der Waals surface area contributed by atoms with Gasteiger partial charge in [-0.25, -0.2) is 0 Å². The zero-order valence-electron chi connectivity index (χ0n) is 13.1. The molecule has 2 heteroatoms. The van der Waals surface area contributed by atoms with E-state index in [0.717, 1.165) is 18.4 Å². The van der Waals surface area contributed by atoms with E-state index in [1.54, 1.807) is 0 Å². The van der Waals surface area contributed by atoms with Gasteiger partial charge in [0.2, 0.25) is 0 Å². The molecular formula is C15H34N2. The average Bonchev–Trinajstić information content (AvgIpc) is 2.22. The summed E-state index contributed by atoms with van der Waals surface area (Å²) in [6.45, 7) is 19.7. The molecule has 0 aliphatic carbocycles. The molecule has 0 aromatic heterocycles. The van der Waals surface area contributed by atoms with Gasteiger partial charge in [0.1, 0.15) is 0 Å². The van der Waals surface area contributed by atoms with Gasteiger partial charge in [0, 0.05) is 25.2 Å². The molecule has 0 aromatic rings. The number of nitrogens with one attached hydrogen (secondary N) is 1. The third kappa shape index (κ3) is 7.77. The lowest BCUT2D eigenvalue weighted by Crippen LogP contribution is -2.49. The van der Waals surface area contributed by atoms with Crippen LogP contribution in [0.5, 0.6) is 0 Å². The fourth-order valence-electron chi connectivity index (χ4n) is 2.20. The van der Waals surface area contributed by atoms with E-state index in [0.29, 0.717) is 12.1 Å². The highest BCUT2D eigenvalue weighted by atomic mass is 15.2. The largest absolute Gasteiger partial charge is 0.313 e. The molecule has 2 atom stereocenters. The van der Waals surface area contributed by atoms with Crippen LogP contribution < -0.4 is 5.32 Å². The summed E-state index contributed by atoms with van der Waals surface area (Å²) < 4.78 is 0. The fourth-order valence-corrected chi connectivity index (χ4v) is 2.20. The van der Waals surface area contributed by atoms with E-state index in [1.807, 2.05) is 0 Å². The van der Waals surface area contributed by atoms with Crippen LogP contribution in [0.25, 0.3) is 0 Å². The van der Waals surface area contributed by atoms with Gasteiger partial charge >= 0.3 is 0 Å². The minimum absolute atomic E-state index is 0.576. The van der Waals surface area contributed by atoms with Gasteiger partial charge in [-0.3, -0.25) is 4.90 Å². The first-order valence-electron chi connectivity index (χ1n) is 7.35. The molecular weight excluding hydrogens is 208 g/mol. The van der Waals surface area contributed by atoms with Crippen molar-refractivity contribution in [3.05, 3.63) is 0 Å². The molecule has 0 aliphatic rings. The lowest BCUT2D eigenvalue weighted by atomic mass is 10.0. The van der Waals surface area contributed by atoms with Gasteiger partial charge < -0.3 is 5.32 Å². The number of nitrogens with zero attached hydrogens (tertiary/aromatic N) is 1. The van der Waals surface area contributed by atoms with E-state index in [-0.39, 0.29) is 0 Å². The molecule has 0 radical (unpaired) electrons. The summed E-state index contributed by atoms with van der Waals surface area (Å²) in [5.74, 6) is 1.49. The molecule has 0 saturated heterocycles. The Bertz CT molecular complexity index is 168. The summed E-state index contributed by atoms with van der Waals surface area (Å²) >= 11 is 0. The molecule has 0 fully saturated rings. The standard InChI is InChI=1S/C15H34N2/c1-8-9-16-14(6)15(7)17(10-12(2)3)11-13(4)5/h12-16H,8-11H2,1-7H3. The molecule has 104 valence electrons. The molecule has 2 unspecified atom stereocenters. The van der Waals surface area contributed by atoms with Crippen molar-refractivity contribution < 1.29 is 0 Å². The minimum Gasteiger partial charge on any atom is -0.313 e. The van der Waals surface area contributed by atoms with Crippen LogP contribution in [0.3, 0.4) is 0 Å². The van der Waals surface area contributed by atoms with Gasteiger partial charge in [0.25, 0.3) is 0 Å². The summed E-state index contributed by atoms with van der Waals surface area (Å²) in [6, 6.07) is 1.19. The van der Waals surface area contributed by atoms with Gasteiger partial charge in [0.05, 0.1) is 0 Å². The summed E-state index contributed by atoms with van der Waals surface area (Å²) in [4.78, 5) is 2.64. The molecule has 0 spiro atoms. The maximum Gasteiger partial charge on any atom is 0.0218 e. The highest BCUT2D eigenvalue weighted by Gasteiger charge is 2.20. The maximum absolute atomic E-state index is 3.62. The van der Waals surface area contributed by atoms with E-state index in [2.05, 4.69) is 58.7 Å². The Kier molecular flexibility index (Phi) is 8.89. The second kappa shape index (κ2) is 8.93. The van der Waals surface area contributed by atoms with Crippen LogP contribution in [0, 0.1) is 11.8 Å². The first-order valence-corrected chi connectivity index (χ1v) is 7.35.